The monoisotopic (exact) mass is 298 g/mol. The van der Waals surface area contributed by atoms with Gasteiger partial charge in [0.15, 0.2) is 0 Å². The standard InChI is InChI=1S/C15H26N2O4/c1-14(2,3)21-13(20)17-6-9-10(7-17)11(9)12(19)16-15(4,5)8-18/h9-11,18H,6-8H2,1-5H3,(H,16,19)/t9-,10+,11+. The van der Waals surface area contributed by atoms with Gasteiger partial charge in [-0.05, 0) is 46.5 Å². The number of nitrogens with zero attached hydrogens (tertiary/aromatic N) is 1. The number of likely N-dealkylation sites (tertiary alicyclic amines) is 1. The molecule has 0 spiro atoms. The predicted molar refractivity (Wildman–Crippen MR) is 77.6 cm³/mol. The summed E-state index contributed by atoms with van der Waals surface area (Å²) in [5, 5.41) is 12.0. The van der Waals surface area contributed by atoms with Crippen LogP contribution < -0.4 is 5.32 Å². The maximum atomic E-state index is 12.1. The van der Waals surface area contributed by atoms with Gasteiger partial charge in [0.25, 0.3) is 0 Å². The van der Waals surface area contributed by atoms with Crippen molar-refractivity contribution in [3.05, 3.63) is 0 Å². The fraction of sp³-hybridized carbons (Fsp3) is 0.867. The van der Waals surface area contributed by atoms with Crippen LogP contribution in [0, 0.1) is 17.8 Å². The van der Waals surface area contributed by atoms with Gasteiger partial charge in [0.2, 0.25) is 5.91 Å². The van der Waals surface area contributed by atoms with Gasteiger partial charge < -0.3 is 20.1 Å². The van der Waals surface area contributed by atoms with Crippen LogP contribution in [0.5, 0.6) is 0 Å². The first-order valence-electron chi connectivity index (χ1n) is 7.45. The van der Waals surface area contributed by atoms with E-state index in [-0.39, 0.29) is 36.4 Å². The quantitative estimate of drug-likeness (QED) is 0.814. The molecule has 2 fully saturated rings. The van der Waals surface area contributed by atoms with E-state index in [1.807, 2.05) is 20.8 Å². The molecule has 2 rings (SSSR count). The Labute approximate surface area is 125 Å². The van der Waals surface area contributed by atoms with Gasteiger partial charge >= 0.3 is 6.09 Å². The normalized spacial score (nSPS) is 28.1. The Kier molecular flexibility index (Phi) is 3.95. The van der Waals surface area contributed by atoms with E-state index >= 15 is 0 Å². The molecule has 1 heterocycles. The zero-order valence-corrected chi connectivity index (χ0v) is 13.5. The molecule has 21 heavy (non-hydrogen) atoms. The van der Waals surface area contributed by atoms with Gasteiger partial charge in [0.05, 0.1) is 12.1 Å². The number of ether oxygens (including phenoxy) is 1. The van der Waals surface area contributed by atoms with E-state index in [1.54, 1.807) is 18.7 Å². The molecule has 0 bridgehead atoms. The molecule has 6 nitrogen and oxygen atoms in total. The number of hydrogen-bond acceptors (Lipinski definition) is 4. The molecule has 0 aromatic heterocycles. The Morgan fingerprint density at radius 1 is 1.19 bits per heavy atom. The number of amides is 2. The molecule has 0 unspecified atom stereocenters. The molecule has 120 valence electrons. The molecular weight excluding hydrogens is 272 g/mol. The van der Waals surface area contributed by atoms with Gasteiger partial charge in [-0.2, -0.15) is 0 Å². The smallest absolute Gasteiger partial charge is 0.410 e. The third kappa shape index (κ3) is 3.67. The first kappa shape index (κ1) is 16.1. The molecule has 0 aromatic carbocycles. The van der Waals surface area contributed by atoms with Crippen molar-refractivity contribution in [2.75, 3.05) is 19.7 Å². The first-order chi connectivity index (χ1) is 9.54. The second-order valence-electron chi connectivity index (χ2n) is 7.77. The summed E-state index contributed by atoms with van der Waals surface area (Å²) in [6.07, 6.45) is -0.301. The number of hydrogen-bond donors (Lipinski definition) is 2. The molecule has 3 atom stereocenters. The number of aliphatic hydroxyl groups is 1. The van der Waals surface area contributed by atoms with Crippen LogP contribution >= 0.6 is 0 Å². The van der Waals surface area contributed by atoms with E-state index in [2.05, 4.69) is 5.32 Å². The van der Waals surface area contributed by atoms with Crippen LogP contribution in [0.2, 0.25) is 0 Å². The zero-order chi connectivity index (χ0) is 16.0. The molecule has 0 aromatic rings. The number of aliphatic hydroxyl groups excluding tert-OH is 1. The van der Waals surface area contributed by atoms with E-state index in [0.29, 0.717) is 13.1 Å². The highest BCUT2D eigenvalue weighted by Crippen LogP contribution is 2.52. The summed E-state index contributed by atoms with van der Waals surface area (Å²) >= 11 is 0. The summed E-state index contributed by atoms with van der Waals surface area (Å²) in [7, 11) is 0. The summed E-state index contributed by atoms with van der Waals surface area (Å²) in [5.41, 5.74) is -1.09. The highest BCUT2D eigenvalue weighted by atomic mass is 16.6. The largest absolute Gasteiger partial charge is 0.444 e. The average molecular weight is 298 g/mol. The zero-order valence-electron chi connectivity index (χ0n) is 13.5. The lowest BCUT2D eigenvalue weighted by Crippen LogP contribution is -2.48. The summed E-state index contributed by atoms with van der Waals surface area (Å²) in [6, 6.07) is 0. The number of piperidine rings is 1. The number of carbonyl (C=O) groups excluding carboxylic acids is 2. The number of fused-ring (bicyclic) bond motifs is 1. The van der Waals surface area contributed by atoms with Crippen LogP contribution in [-0.2, 0) is 9.53 Å². The molecular formula is C15H26N2O4. The molecule has 0 radical (unpaired) electrons. The molecule has 1 aliphatic carbocycles. The maximum Gasteiger partial charge on any atom is 0.410 e. The van der Waals surface area contributed by atoms with E-state index < -0.39 is 11.1 Å². The highest BCUT2D eigenvalue weighted by Gasteiger charge is 2.60. The van der Waals surface area contributed by atoms with E-state index in [9.17, 15) is 14.7 Å². The van der Waals surface area contributed by atoms with Gasteiger partial charge in [-0.1, -0.05) is 0 Å². The van der Waals surface area contributed by atoms with Gasteiger partial charge in [-0.3, -0.25) is 4.79 Å². The molecule has 2 aliphatic rings. The first-order valence-corrected chi connectivity index (χ1v) is 7.45. The predicted octanol–water partition coefficient (Wildman–Crippen LogP) is 0.986. The van der Waals surface area contributed by atoms with Gasteiger partial charge in [-0.25, -0.2) is 4.79 Å². The lowest BCUT2D eigenvalue weighted by atomic mass is 10.1. The Balaban J connectivity index is 1.82. The van der Waals surface area contributed by atoms with Crippen molar-refractivity contribution in [1.29, 1.82) is 0 Å². The Morgan fingerprint density at radius 3 is 2.14 bits per heavy atom. The SMILES string of the molecule is CC(C)(CO)NC(=O)[C@H]1[C@@H]2CN(C(=O)OC(C)(C)C)C[C@@H]21. The third-order valence-corrected chi connectivity index (χ3v) is 4.01. The van der Waals surface area contributed by atoms with Gasteiger partial charge in [0, 0.05) is 19.0 Å². The fourth-order valence-corrected chi connectivity index (χ4v) is 2.85. The summed E-state index contributed by atoms with van der Waals surface area (Å²) in [5.74, 6) is 0.404. The minimum Gasteiger partial charge on any atom is -0.444 e. The van der Waals surface area contributed by atoms with E-state index in [0.717, 1.165) is 0 Å². The van der Waals surface area contributed by atoms with Crippen LogP contribution in [0.15, 0.2) is 0 Å². The summed E-state index contributed by atoms with van der Waals surface area (Å²) < 4.78 is 5.34. The fourth-order valence-electron chi connectivity index (χ4n) is 2.85. The van der Waals surface area contributed by atoms with Crippen molar-refractivity contribution in [3.8, 4) is 0 Å². The van der Waals surface area contributed by atoms with Crippen LogP contribution in [-0.4, -0.2) is 52.8 Å². The van der Waals surface area contributed by atoms with Crippen molar-refractivity contribution in [3.63, 3.8) is 0 Å². The molecule has 2 N–H and O–H groups in total. The van der Waals surface area contributed by atoms with Crippen LogP contribution in [0.3, 0.4) is 0 Å². The van der Waals surface area contributed by atoms with Crippen molar-refractivity contribution >= 4 is 12.0 Å². The van der Waals surface area contributed by atoms with Crippen LogP contribution in [0.1, 0.15) is 34.6 Å². The highest BCUT2D eigenvalue weighted by molar-refractivity contribution is 5.84. The van der Waals surface area contributed by atoms with Gasteiger partial charge in [-0.15, -0.1) is 0 Å². The Bertz CT molecular complexity index is 429. The number of carbonyl (C=O) groups is 2. The van der Waals surface area contributed by atoms with Crippen molar-refractivity contribution in [1.82, 2.24) is 10.2 Å². The Morgan fingerprint density at radius 2 is 1.71 bits per heavy atom. The third-order valence-electron chi connectivity index (χ3n) is 4.01. The molecule has 2 amide bonds. The lowest BCUT2D eigenvalue weighted by Gasteiger charge is -2.27. The second-order valence-corrected chi connectivity index (χ2v) is 7.77. The number of nitrogens with one attached hydrogen (secondary N) is 1. The second kappa shape index (κ2) is 5.16. The topological polar surface area (TPSA) is 78.9 Å². The van der Waals surface area contributed by atoms with Crippen LogP contribution in [0.25, 0.3) is 0 Å². The van der Waals surface area contributed by atoms with E-state index in [1.165, 1.54) is 0 Å². The average Bonchev–Trinajstić information content (AvgIpc) is 2.82. The summed E-state index contributed by atoms with van der Waals surface area (Å²) in [4.78, 5) is 25.8. The molecule has 1 saturated carbocycles. The van der Waals surface area contributed by atoms with Crippen molar-refractivity contribution in [2.45, 2.75) is 45.8 Å². The number of rotatable bonds is 3. The summed E-state index contributed by atoms with van der Waals surface area (Å²) in [6.45, 7) is 10.2. The van der Waals surface area contributed by atoms with Crippen molar-refractivity contribution in [2.24, 2.45) is 17.8 Å². The maximum absolute atomic E-state index is 12.1. The van der Waals surface area contributed by atoms with Crippen LogP contribution in [0.4, 0.5) is 4.79 Å². The van der Waals surface area contributed by atoms with Crippen molar-refractivity contribution < 1.29 is 19.4 Å². The lowest BCUT2D eigenvalue weighted by molar-refractivity contribution is -0.125. The van der Waals surface area contributed by atoms with E-state index in [4.69, 9.17) is 4.74 Å². The molecule has 1 aliphatic heterocycles. The molecule has 6 heteroatoms. The Hall–Kier alpha value is -1.30. The van der Waals surface area contributed by atoms with Gasteiger partial charge in [0.1, 0.15) is 5.60 Å². The minimum absolute atomic E-state index is 0.0205. The minimum atomic E-state index is -0.598. The molecule has 1 saturated heterocycles.